The molecule has 1 atom stereocenters. The van der Waals surface area contributed by atoms with Crippen molar-refractivity contribution in [3.63, 3.8) is 0 Å². The fraction of sp³-hybridized carbons (Fsp3) is 0.579. The van der Waals surface area contributed by atoms with Gasteiger partial charge in [-0.2, -0.15) is 5.10 Å². The standard InChI is InChI=1S/C19H29N5OS/c1-13-9-10-26-18(13)16(23(3)4)12-20-19(25)21-17-11-14(2)22-24(17)15-7-5-6-8-15/h9-11,15-16H,5-8,12H2,1-4H3,(H2,20,21,25)/t16-/m0/s1. The SMILES string of the molecule is Cc1cc(NC(=O)NC[C@@H](c2sccc2C)N(C)C)n(C2CCCC2)n1. The van der Waals surface area contributed by atoms with Crippen LogP contribution in [0, 0.1) is 13.8 Å². The maximum absolute atomic E-state index is 12.5. The van der Waals surface area contributed by atoms with E-state index < -0.39 is 0 Å². The lowest BCUT2D eigenvalue weighted by molar-refractivity contribution is 0.243. The molecule has 0 aliphatic heterocycles. The maximum atomic E-state index is 12.5. The lowest BCUT2D eigenvalue weighted by Crippen LogP contribution is -2.37. The summed E-state index contributed by atoms with van der Waals surface area (Å²) < 4.78 is 1.99. The Morgan fingerprint density at radius 2 is 2.12 bits per heavy atom. The van der Waals surface area contributed by atoms with Gasteiger partial charge in [-0.1, -0.05) is 12.8 Å². The molecule has 2 aromatic rings. The van der Waals surface area contributed by atoms with Gasteiger partial charge in [0.1, 0.15) is 5.82 Å². The number of anilines is 1. The number of aromatic nitrogens is 2. The number of likely N-dealkylation sites (N-methyl/N-ethyl adjacent to an activating group) is 1. The van der Waals surface area contributed by atoms with Crippen LogP contribution in [-0.4, -0.2) is 41.4 Å². The minimum absolute atomic E-state index is 0.169. The van der Waals surface area contributed by atoms with E-state index in [4.69, 9.17) is 0 Å². The van der Waals surface area contributed by atoms with Crippen molar-refractivity contribution in [3.05, 3.63) is 33.6 Å². The third-order valence-corrected chi connectivity index (χ3v) is 6.17. The Balaban J connectivity index is 1.63. The Morgan fingerprint density at radius 3 is 2.73 bits per heavy atom. The van der Waals surface area contributed by atoms with Gasteiger partial charge in [0.25, 0.3) is 0 Å². The number of amides is 2. The van der Waals surface area contributed by atoms with Crippen molar-refractivity contribution in [3.8, 4) is 0 Å². The summed E-state index contributed by atoms with van der Waals surface area (Å²) in [5.41, 5.74) is 2.21. The number of nitrogens with one attached hydrogen (secondary N) is 2. The second-order valence-corrected chi connectivity index (χ2v) is 8.28. The van der Waals surface area contributed by atoms with Gasteiger partial charge in [-0.15, -0.1) is 11.3 Å². The molecule has 142 valence electrons. The average Bonchev–Trinajstić information content (AvgIpc) is 3.30. The molecule has 0 aromatic carbocycles. The Morgan fingerprint density at radius 1 is 1.38 bits per heavy atom. The molecule has 1 fully saturated rings. The van der Waals surface area contributed by atoms with E-state index in [1.165, 1.54) is 23.3 Å². The lowest BCUT2D eigenvalue weighted by atomic mass is 10.1. The van der Waals surface area contributed by atoms with Gasteiger partial charge in [0, 0.05) is 17.5 Å². The van der Waals surface area contributed by atoms with Crippen molar-refractivity contribution in [1.82, 2.24) is 20.0 Å². The minimum Gasteiger partial charge on any atom is -0.336 e. The number of carbonyl (C=O) groups is 1. The molecule has 2 heterocycles. The molecular formula is C19H29N5OS. The van der Waals surface area contributed by atoms with E-state index in [1.807, 2.05) is 31.8 Å². The molecule has 7 heteroatoms. The highest BCUT2D eigenvalue weighted by Gasteiger charge is 2.22. The van der Waals surface area contributed by atoms with Crippen molar-refractivity contribution < 1.29 is 4.79 Å². The second-order valence-electron chi connectivity index (χ2n) is 7.34. The molecule has 6 nitrogen and oxygen atoms in total. The Bertz CT molecular complexity index is 745. The summed E-state index contributed by atoms with van der Waals surface area (Å²) >= 11 is 1.74. The van der Waals surface area contributed by atoms with E-state index in [9.17, 15) is 4.79 Å². The zero-order valence-electron chi connectivity index (χ0n) is 16.1. The summed E-state index contributed by atoms with van der Waals surface area (Å²) in [4.78, 5) is 15.9. The molecule has 0 bridgehead atoms. The molecule has 2 N–H and O–H groups in total. The van der Waals surface area contributed by atoms with E-state index in [2.05, 4.69) is 39.0 Å². The van der Waals surface area contributed by atoms with Crippen LogP contribution in [0.3, 0.4) is 0 Å². The number of thiophene rings is 1. The monoisotopic (exact) mass is 375 g/mol. The molecular weight excluding hydrogens is 346 g/mol. The van der Waals surface area contributed by atoms with Crippen molar-refractivity contribution in [2.75, 3.05) is 26.0 Å². The summed E-state index contributed by atoms with van der Waals surface area (Å²) in [7, 11) is 4.09. The maximum Gasteiger partial charge on any atom is 0.320 e. The predicted octanol–water partition coefficient (Wildman–Crippen LogP) is 4.10. The van der Waals surface area contributed by atoms with Crippen molar-refractivity contribution in [2.45, 2.75) is 51.6 Å². The van der Waals surface area contributed by atoms with Crippen LogP contribution in [0.15, 0.2) is 17.5 Å². The van der Waals surface area contributed by atoms with Gasteiger partial charge >= 0.3 is 6.03 Å². The fourth-order valence-corrected chi connectivity index (χ4v) is 4.75. The fourth-order valence-electron chi connectivity index (χ4n) is 3.62. The Kier molecular flexibility index (Phi) is 5.98. The number of carbonyl (C=O) groups excluding carboxylic acids is 1. The van der Waals surface area contributed by atoms with E-state index in [1.54, 1.807) is 11.3 Å². The molecule has 0 unspecified atom stereocenters. The molecule has 2 amide bonds. The molecule has 0 radical (unpaired) electrons. The van der Waals surface area contributed by atoms with Crippen LogP contribution in [0.5, 0.6) is 0 Å². The first-order valence-corrected chi connectivity index (χ1v) is 10.1. The quantitative estimate of drug-likeness (QED) is 0.799. The summed E-state index contributed by atoms with van der Waals surface area (Å²) in [6.45, 7) is 4.65. The van der Waals surface area contributed by atoms with Crippen LogP contribution in [0.4, 0.5) is 10.6 Å². The second kappa shape index (κ2) is 8.22. The van der Waals surface area contributed by atoms with Gasteiger partial charge in [0.15, 0.2) is 0 Å². The highest BCUT2D eigenvalue weighted by atomic mass is 32.1. The van der Waals surface area contributed by atoms with E-state index in [0.29, 0.717) is 12.6 Å². The first-order valence-electron chi connectivity index (χ1n) is 9.27. The lowest BCUT2D eigenvalue weighted by Gasteiger charge is -2.24. The van der Waals surface area contributed by atoms with Crippen LogP contribution in [0.1, 0.15) is 53.9 Å². The summed E-state index contributed by atoms with van der Waals surface area (Å²) in [5, 5.41) is 12.7. The van der Waals surface area contributed by atoms with Gasteiger partial charge in [-0.3, -0.25) is 5.32 Å². The van der Waals surface area contributed by atoms with Crippen LogP contribution in [0.25, 0.3) is 0 Å². The number of rotatable bonds is 6. The number of hydrogen-bond donors (Lipinski definition) is 2. The number of hydrogen-bond acceptors (Lipinski definition) is 4. The summed E-state index contributed by atoms with van der Waals surface area (Å²) in [6.07, 6.45) is 4.75. The highest BCUT2D eigenvalue weighted by molar-refractivity contribution is 7.10. The summed E-state index contributed by atoms with van der Waals surface area (Å²) in [6, 6.07) is 4.47. The zero-order valence-corrected chi connectivity index (χ0v) is 16.9. The van der Waals surface area contributed by atoms with Crippen LogP contribution in [0.2, 0.25) is 0 Å². The minimum atomic E-state index is -0.176. The Hall–Kier alpha value is -1.86. The van der Waals surface area contributed by atoms with Crippen molar-refractivity contribution in [1.29, 1.82) is 0 Å². The molecule has 26 heavy (non-hydrogen) atoms. The molecule has 0 saturated heterocycles. The van der Waals surface area contributed by atoms with Gasteiger partial charge in [-0.25, -0.2) is 9.48 Å². The van der Waals surface area contributed by atoms with E-state index in [0.717, 1.165) is 24.4 Å². The van der Waals surface area contributed by atoms with Crippen LogP contribution in [-0.2, 0) is 0 Å². The van der Waals surface area contributed by atoms with Crippen molar-refractivity contribution >= 4 is 23.2 Å². The van der Waals surface area contributed by atoms with E-state index in [-0.39, 0.29) is 12.1 Å². The normalized spacial score (nSPS) is 16.2. The van der Waals surface area contributed by atoms with Crippen molar-refractivity contribution in [2.24, 2.45) is 0 Å². The first kappa shape index (κ1) is 18.9. The van der Waals surface area contributed by atoms with Crippen LogP contribution >= 0.6 is 11.3 Å². The average molecular weight is 376 g/mol. The highest BCUT2D eigenvalue weighted by Crippen LogP contribution is 2.32. The molecule has 1 aliphatic rings. The summed E-state index contributed by atoms with van der Waals surface area (Å²) in [5.74, 6) is 0.792. The first-order chi connectivity index (χ1) is 12.5. The van der Waals surface area contributed by atoms with Gasteiger partial charge < -0.3 is 10.2 Å². The number of urea groups is 1. The van der Waals surface area contributed by atoms with Gasteiger partial charge in [0.2, 0.25) is 0 Å². The van der Waals surface area contributed by atoms with Gasteiger partial charge in [-0.05, 0) is 57.8 Å². The van der Waals surface area contributed by atoms with Gasteiger partial charge in [0.05, 0.1) is 17.8 Å². The topological polar surface area (TPSA) is 62.2 Å². The zero-order chi connectivity index (χ0) is 18.7. The largest absolute Gasteiger partial charge is 0.336 e. The smallest absolute Gasteiger partial charge is 0.320 e. The van der Waals surface area contributed by atoms with E-state index >= 15 is 0 Å². The molecule has 0 spiro atoms. The number of nitrogens with zero attached hydrogens (tertiary/aromatic N) is 3. The predicted molar refractivity (Wildman–Crippen MR) is 107 cm³/mol. The molecule has 1 aliphatic carbocycles. The van der Waals surface area contributed by atoms with Crippen LogP contribution < -0.4 is 10.6 Å². The number of aryl methyl sites for hydroxylation is 2. The Labute approximate surface area is 159 Å². The molecule has 2 aromatic heterocycles. The third-order valence-electron chi connectivity index (χ3n) is 5.05. The molecule has 3 rings (SSSR count). The molecule has 1 saturated carbocycles. The third kappa shape index (κ3) is 4.27.